The number of hydrogen-bond acceptors (Lipinski definition) is 2. The average Bonchev–Trinajstić information content (AvgIpc) is 3.16. The second-order valence-electron chi connectivity index (χ2n) is 7.60. The van der Waals surface area contributed by atoms with Crippen LogP contribution in [0.1, 0.15) is 34.8 Å². The summed E-state index contributed by atoms with van der Waals surface area (Å²) in [5.74, 6) is -0.0586. The number of benzene rings is 3. The summed E-state index contributed by atoms with van der Waals surface area (Å²) < 4.78 is 1.91. The monoisotopic (exact) mass is 417 g/mol. The molecule has 0 radical (unpaired) electrons. The molecule has 1 aromatic heterocycles. The molecule has 30 heavy (non-hydrogen) atoms. The molecule has 0 saturated heterocycles. The summed E-state index contributed by atoms with van der Waals surface area (Å²) in [4.78, 5) is 12.8. The summed E-state index contributed by atoms with van der Waals surface area (Å²) in [6.45, 7) is 2.67. The molecule has 152 valence electrons. The van der Waals surface area contributed by atoms with Gasteiger partial charge in [0.2, 0.25) is 0 Å². The van der Waals surface area contributed by atoms with Crippen LogP contribution in [0.5, 0.6) is 0 Å². The van der Waals surface area contributed by atoms with Gasteiger partial charge in [0.25, 0.3) is 5.91 Å². The first-order valence-electron chi connectivity index (χ1n) is 10.1. The molecule has 4 rings (SSSR count). The van der Waals surface area contributed by atoms with E-state index in [0.717, 1.165) is 29.3 Å². The fourth-order valence-electron chi connectivity index (χ4n) is 3.51. The molecular formula is C25H24ClN3O. The number of rotatable bonds is 7. The second-order valence-corrected chi connectivity index (χ2v) is 8.04. The van der Waals surface area contributed by atoms with Crippen LogP contribution < -0.4 is 5.32 Å². The number of carbonyl (C=O) groups excluding carboxylic acids is 1. The standard InChI is InChI=1S/C25H24ClN3O/c1-18(7-8-19-5-3-2-4-6-19)28-25(30)21-11-12-22-16-27-29(24(22)15-21)17-20-9-13-23(26)14-10-20/h2-6,9-16,18H,7-8,17H2,1H3,(H,28,30)/t18-/m1/s1. The lowest BCUT2D eigenvalue weighted by Gasteiger charge is -2.14. The Hall–Kier alpha value is -3.11. The van der Waals surface area contributed by atoms with Gasteiger partial charge in [0.15, 0.2) is 0 Å². The van der Waals surface area contributed by atoms with Crippen LogP contribution in [0, 0.1) is 0 Å². The molecule has 0 aliphatic carbocycles. The number of aromatic nitrogens is 2. The first kappa shape index (κ1) is 20.2. The summed E-state index contributed by atoms with van der Waals surface area (Å²) in [6.07, 6.45) is 3.66. The maximum Gasteiger partial charge on any atom is 0.251 e. The Bertz CT molecular complexity index is 1140. The van der Waals surface area contributed by atoms with Crippen molar-refractivity contribution in [1.29, 1.82) is 0 Å². The van der Waals surface area contributed by atoms with Gasteiger partial charge in [-0.3, -0.25) is 9.48 Å². The summed E-state index contributed by atoms with van der Waals surface area (Å²) in [5, 5.41) is 9.33. The topological polar surface area (TPSA) is 46.9 Å². The molecule has 4 aromatic rings. The fourth-order valence-corrected chi connectivity index (χ4v) is 3.63. The summed E-state index contributed by atoms with van der Waals surface area (Å²) >= 11 is 5.98. The average molecular weight is 418 g/mol. The maximum absolute atomic E-state index is 12.8. The Morgan fingerprint density at radius 1 is 1.03 bits per heavy atom. The van der Waals surface area contributed by atoms with E-state index in [1.165, 1.54) is 5.56 Å². The molecule has 4 nitrogen and oxygen atoms in total. The van der Waals surface area contributed by atoms with E-state index in [0.29, 0.717) is 17.1 Å². The molecule has 1 atom stereocenters. The highest BCUT2D eigenvalue weighted by Gasteiger charge is 2.12. The molecule has 0 bridgehead atoms. The van der Waals surface area contributed by atoms with Crippen molar-refractivity contribution >= 4 is 28.4 Å². The van der Waals surface area contributed by atoms with Gasteiger partial charge >= 0.3 is 0 Å². The Kier molecular flexibility index (Phi) is 6.15. The third-order valence-electron chi connectivity index (χ3n) is 5.24. The Morgan fingerprint density at radius 3 is 2.57 bits per heavy atom. The normalized spacial score (nSPS) is 12.1. The molecule has 5 heteroatoms. The van der Waals surface area contributed by atoms with E-state index in [1.54, 1.807) is 0 Å². The van der Waals surface area contributed by atoms with E-state index in [1.807, 2.05) is 78.5 Å². The van der Waals surface area contributed by atoms with Gasteiger partial charge in [0.1, 0.15) is 0 Å². The van der Waals surface area contributed by atoms with Gasteiger partial charge in [0.05, 0.1) is 18.3 Å². The molecule has 0 unspecified atom stereocenters. The van der Waals surface area contributed by atoms with Crippen LogP contribution in [0.3, 0.4) is 0 Å². The Labute approximate surface area is 181 Å². The number of halogens is 1. The molecule has 0 fully saturated rings. The first-order valence-corrected chi connectivity index (χ1v) is 10.5. The number of hydrogen-bond donors (Lipinski definition) is 1. The summed E-state index contributed by atoms with van der Waals surface area (Å²) in [6, 6.07) is 23.9. The molecule has 0 spiro atoms. The number of fused-ring (bicyclic) bond motifs is 1. The zero-order valence-corrected chi connectivity index (χ0v) is 17.6. The number of carbonyl (C=O) groups is 1. The van der Waals surface area contributed by atoms with Gasteiger partial charge in [-0.2, -0.15) is 5.10 Å². The first-order chi connectivity index (χ1) is 14.6. The maximum atomic E-state index is 12.8. The van der Waals surface area contributed by atoms with E-state index >= 15 is 0 Å². The van der Waals surface area contributed by atoms with Gasteiger partial charge < -0.3 is 5.32 Å². The van der Waals surface area contributed by atoms with Crippen molar-refractivity contribution < 1.29 is 4.79 Å². The molecule has 0 saturated carbocycles. The highest BCUT2D eigenvalue weighted by atomic mass is 35.5. The predicted molar refractivity (Wildman–Crippen MR) is 122 cm³/mol. The van der Waals surface area contributed by atoms with Crippen LogP contribution in [-0.4, -0.2) is 21.7 Å². The van der Waals surface area contributed by atoms with Crippen LogP contribution in [-0.2, 0) is 13.0 Å². The lowest BCUT2D eigenvalue weighted by molar-refractivity contribution is 0.0938. The summed E-state index contributed by atoms with van der Waals surface area (Å²) in [5.41, 5.74) is 3.97. The van der Waals surface area contributed by atoms with Crippen molar-refractivity contribution in [2.24, 2.45) is 0 Å². The molecule has 3 aromatic carbocycles. The van der Waals surface area contributed by atoms with Crippen LogP contribution in [0.2, 0.25) is 5.02 Å². The molecule has 1 N–H and O–H groups in total. The highest BCUT2D eigenvalue weighted by Crippen LogP contribution is 2.18. The minimum Gasteiger partial charge on any atom is -0.350 e. The third-order valence-corrected chi connectivity index (χ3v) is 5.49. The third kappa shape index (κ3) is 4.89. The van der Waals surface area contributed by atoms with Crippen LogP contribution in [0.4, 0.5) is 0 Å². The second kappa shape index (κ2) is 9.14. The SMILES string of the molecule is C[C@H](CCc1ccccc1)NC(=O)c1ccc2cnn(Cc3ccc(Cl)cc3)c2c1. The predicted octanol–water partition coefficient (Wildman–Crippen LogP) is 5.49. The number of nitrogens with one attached hydrogen (secondary N) is 1. The van der Waals surface area contributed by atoms with Crippen molar-refractivity contribution in [3.05, 3.63) is 101 Å². The van der Waals surface area contributed by atoms with Gasteiger partial charge in [-0.1, -0.05) is 60.1 Å². The number of amides is 1. The quantitative estimate of drug-likeness (QED) is 0.432. The van der Waals surface area contributed by atoms with Crippen molar-refractivity contribution in [3.63, 3.8) is 0 Å². The molecule has 0 aliphatic heterocycles. The minimum absolute atomic E-state index is 0.0586. The van der Waals surface area contributed by atoms with Gasteiger partial charge in [-0.25, -0.2) is 0 Å². The molecule has 1 amide bonds. The van der Waals surface area contributed by atoms with Crippen molar-refractivity contribution in [2.45, 2.75) is 32.4 Å². The molecule has 0 aliphatic rings. The molecular weight excluding hydrogens is 394 g/mol. The zero-order chi connectivity index (χ0) is 20.9. The van der Waals surface area contributed by atoms with Crippen LogP contribution >= 0.6 is 11.6 Å². The van der Waals surface area contributed by atoms with Gasteiger partial charge in [-0.15, -0.1) is 0 Å². The fraction of sp³-hybridized carbons (Fsp3) is 0.200. The van der Waals surface area contributed by atoms with Crippen LogP contribution in [0.25, 0.3) is 10.9 Å². The zero-order valence-electron chi connectivity index (χ0n) is 16.9. The Balaban J connectivity index is 1.44. The summed E-state index contributed by atoms with van der Waals surface area (Å²) in [7, 11) is 0. The molecule has 1 heterocycles. The van der Waals surface area contributed by atoms with Crippen molar-refractivity contribution in [3.8, 4) is 0 Å². The van der Waals surface area contributed by atoms with Gasteiger partial charge in [-0.05, 0) is 55.2 Å². The van der Waals surface area contributed by atoms with E-state index in [4.69, 9.17) is 11.6 Å². The van der Waals surface area contributed by atoms with Gasteiger partial charge in [0, 0.05) is 22.0 Å². The van der Waals surface area contributed by atoms with E-state index in [-0.39, 0.29) is 11.9 Å². The van der Waals surface area contributed by atoms with Crippen LogP contribution in [0.15, 0.2) is 79.0 Å². The van der Waals surface area contributed by atoms with Crippen molar-refractivity contribution in [2.75, 3.05) is 0 Å². The van der Waals surface area contributed by atoms with E-state index < -0.39 is 0 Å². The number of nitrogens with zero attached hydrogens (tertiary/aromatic N) is 2. The van der Waals surface area contributed by atoms with Crippen molar-refractivity contribution in [1.82, 2.24) is 15.1 Å². The minimum atomic E-state index is -0.0586. The lowest BCUT2D eigenvalue weighted by Crippen LogP contribution is -2.32. The largest absolute Gasteiger partial charge is 0.350 e. The Morgan fingerprint density at radius 2 is 1.80 bits per heavy atom. The number of aryl methyl sites for hydroxylation is 1. The smallest absolute Gasteiger partial charge is 0.251 e. The van der Waals surface area contributed by atoms with E-state index in [9.17, 15) is 4.79 Å². The van der Waals surface area contributed by atoms with E-state index in [2.05, 4.69) is 22.5 Å². The highest BCUT2D eigenvalue weighted by molar-refractivity contribution is 6.30. The lowest BCUT2D eigenvalue weighted by atomic mass is 10.1.